The van der Waals surface area contributed by atoms with Crippen molar-refractivity contribution in [1.29, 1.82) is 0 Å². The van der Waals surface area contributed by atoms with Crippen molar-refractivity contribution in [2.24, 2.45) is 7.05 Å². The predicted octanol–water partition coefficient (Wildman–Crippen LogP) is 1.68. The second kappa shape index (κ2) is 3.80. The molecule has 0 aliphatic rings. The summed E-state index contributed by atoms with van der Waals surface area (Å²) in [5.41, 5.74) is 2.50. The molecule has 0 fully saturated rings. The number of fused-ring (bicyclic) bond motifs is 1. The molecular formula is C11H15N3. The largest absolute Gasteiger partial charge is 0.313 e. The molecule has 1 aromatic carbocycles. The van der Waals surface area contributed by atoms with Crippen molar-refractivity contribution in [2.75, 3.05) is 6.54 Å². The molecule has 3 nitrogen and oxygen atoms in total. The van der Waals surface area contributed by atoms with Gasteiger partial charge in [-0.05, 0) is 24.2 Å². The van der Waals surface area contributed by atoms with Crippen molar-refractivity contribution in [2.45, 2.75) is 13.5 Å². The van der Waals surface area contributed by atoms with E-state index in [-0.39, 0.29) is 0 Å². The molecule has 1 N–H and O–H groups in total. The van der Waals surface area contributed by atoms with E-state index in [1.807, 2.05) is 17.9 Å². The fraction of sp³-hybridized carbons (Fsp3) is 0.364. The maximum Gasteiger partial charge on any atom is 0.0679 e. The Kier molecular flexibility index (Phi) is 2.50. The second-order valence-electron chi connectivity index (χ2n) is 3.44. The maximum absolute atomic E-state index is 4.21. The topological polar surface area (TPSA) is 29.9 Å². The number of hydrogen-bond acceptors (Lipinski definition) is 2. The summed E-state index contributed by atoms with van der Waals surface area (Å²) in [5, 5.41) is 8.73. The molecule has 0 atom stereocenters. The Balaban J connectivity index is 2.32. The molecule has 0 saturated heterocycles. The van der Waals surface area contributed by atoms with Gasteiger partial charge in [-0.15, -0.1) is 0 Å². The van der Waals surface area contributed by atoms with Crippen molar-refractivity contribution in [1.82, 2.24) is 15.1 Å². The molecule has 0 unspecified atom stereocenters. The monoisotopic (exact) mass is 189 g/mol. The lowest BCUT2D eigenvalue weighted by molar-refractivity contribution is 0.727. The van der Waals surface area contributed by atoms with Gasteiger partial charge < -0.3 is 5.32 Å². The van der Waals surface area contributed by atoms with Crippen LogP contribution in [0.1, 0.15) is 12.5 Å². The first-order valence-electron chi connectivity index (χ1n) is 4.92. The molecular weight excluding hydrogens is 174 g/mol. The van der Waals surface area contributed by atoms with Crippen LogP contribution in [0, 0.1) is 0 Å². The molecule has 14 heavy (non-hydrogen) atoms. The van der Waals surface area contributed by atoms with Crippen LogP contribution in [-0.2, 0) is 13.6 Å². The lowest BCUT2D eigenvalue weighted by atomic mass is 10.1. The van der Waals surface area contributed by atoms with Gasteiger partial charge >= 0.3 is 0 Å². The van der Waals surface area contributed by atoms with Gasteiger partial charge in [-0.25, -0.2) is 0 Å². The van der Waals surface area contributed by atoms with Gasteiger partial charge in [-0.3, -0.25) is 4.68 Å². The first-order chi connectivity index (χ1) is 6.81. The van der Waals surface area contributed by atoms with Gasteiger partial charge in [0.1, 0.15) is 0 Å². The minimum Gasteiger partial charge on any atom is -0.313 e. The van der Waals surface area contributed by atoms with E-state index in [9.17, 15) is 0 Å². The molecule has 3 heteroatoms. The summed E-state index contributed by atoms with van der Waals surface area (Å²) in [5.74, 6) is 0. The van der Waals surface area contributed by atoms with E-state index >= 15 is 0 Å². The number of aryl methyl sites for hydroxylation is 1. The zero-order chi connectivity index (χ0) is 9.97. The van der Waals surface area contributed by atoms with Crippen molar-refractivity contribution < 1.29 is 0 Å². The van der Waals surface area contributed by atoms with Crippen molar-refractivity contribution in [3.63, 3.8) is 0 Å². The third-order valence-corrected chi connectivity index (χ3v) is 2.39. The number of hydrogen-bond donors (Lipinski definition) is 1. The Morgan fingerprint density at radius 2 is 2.29 bits per heavy atom. The average molecular weight is 189 g/mol. The van der Waals surface area contributed by atoms with Gasteiger partial charge in [0.25, 0.3) is 0 Å². The van der Waals surface area contributed by atoms with Crippen LogP contribution in [0.15, 0.2) is 24.4 Å². The fourth-order valence-electron chi connectivity index (χ4n) is 1.59. The molecule has 1 aromatic heterocycles. The first kappa shape index (κ1) is 9.21. The van der Waals surface area contributed by atoms with Gasteiger partial charge in [0, 0.05) is 19.0 Å². The third-order valence-electron chi connectivity index (χ3n) is 2.39. The normalized spacial score (nSPS) is 11.0. The SMILES string of the molecule is CCNCc1ccc2c(cnn2C)c1. The molecule has 0 bridgehead atoms. The third kappa shape index (κ3) is 1.63. The molecule has 2 aromatic rings. The van der Waals surface area contributed by atoms with E-state index in [1.165, 1.54) is 16.5 Å². The van der Waals surface area contributed by atoms with Crippen molar-refractivity contribution >= 4 is 10.9 Å². The van der Waals surface area contributed by atoms with Gasteiger partial charge in [-0.2, -0.15) is 5.10 Å². The minimum absolute atomic E-state index is 0.932. The number of nitrogens with one attached hydrogen (secondary N) is 1. The molecule has 0 saturated carbocycles. The summed E-state index contributed by atoms with van der Waals surface area (Å²) in [4.78, 5) is 0. The van der Waals surface area contributed by atoms with Crippen LogP contribution in [0.5, 0.6) is 0 Å². The molecule has 2 rings (SSSR count). The molecule has 74 valence electrons. The summed E-state index contributed by atoms with van der Waals surface area (Å²) in [6.07, 6.45) is 1.91. The van der Waals surface area contributed by atoms with Crippen LogP contribution in [0.25, 0.3) is 10.9 Å². The van der Waals surface area contributed by atoms with Crippen LogP contribution in [0.4, 0.5) is 0 Å². The standard InChI is InChI=1S/C11H15N3/c1-3-12-7-9-4-5-11-10(6-9)8-13-14(11)2/h4-6,8,12H,3,7H2,1-2H3. The lowest BCUT2D eigenvalue weighted by Crippen LogP contribution is -2.11. The first-order valence-corrected chi connectivity index (χ1v) is 4.92. The number of aromatic nitrogens is 2. The molecule has 0 aliphatic carbocycles. The smallest absolute Gasteiger partial charge is 0.0679 e. The van der Waals surface area contributed by atoms with Crippen LogP contribution in [-0.4, -0.2) is 16.3 Å². The van der Waals surface area contributed by atoms with E-state index in [4.69, 9.17) is 0 Å². The fourth-order valence-corrected chi connectivity index (χ4v) is 1.59. The van der Waals surface area contributed by atoms with E-state index in [2.05, 4.69) is 35.5 Å². The Labute approximate surface area is 83.7 Å². The predicted molar refractivity (Wildman–Crippen MR) is 58.1 cm³/mol. The summed E-state index contributed by atoms with van der Waals surface area (Å²) < 4.78 is 1.90. The van der Waals surface area contributed by atoms with Gasteiger partial charge in [-0.1, -0.05) is 13.0 Å². The average Bonchev–Trinajstić information content (AvgIpc) is 2.57. The second-order valence-corrected chi connectivity index (χ2v) is 3.44. The molecule has 1 heterocycles. The Bertz CT molecular complexity index is 431. The van der Waals surface area contributed by atoms with Gasteiger partial charge in [0.15, 0.2) is 0 Å². The quantitative estimate of drug-likeness (QED) is 0.796. The Morgan fingerprint density at radius 1 is 1.43 bits per heavy atom. The number of nitrogens with zero attached hydrogens (tertiary/aromatic N) is 2. The van der Waals surface area contributed by atoms with Crippen molar-refractivity contribution in [3.8, 4) is 0 Å². The molecule has 0 amide bonds. The van der Waals surface area contributed by atoms with Crippen LogP contribution in [0.2, 0.25) is 0 Å². The summed E-state index contributed by atoms with van der Waals surface area (Å²) in [7, 11) is 1.96. The van der Waals surface area contributed by atoms with E-state index in [1.54, 1.807) is 0 Å². The highest BCUT2D eigenvalue weighted by Gasteiger charge is 1.99. The highest BCUT2D eigenvalue weighted by Crippen LogP contribution is 2.14. The Hall–Kier alpha value is -1.35. The summed E-state index contributed by atoms with van der Waals surface area (Å²) in [6.45, 7) is 4.05. The molecule has 0 spiro atoms. The summed E-state index contributed by atoms with van der Waals surface area (Å²) in [6, 6.07) is 6.45. The van der Waals surface area contributed by atoms with Crippen LogP contribution in [0.3, 0.4) is 0 Å². The number of rotatable bonds is 3. The van der Waals surface area contributed by atoms with E-state index in [0.29, 0.717) is 0 Å². The lowest BCUT2D eigenvalue weighted by Gasteiger charge is -2.02. The van der Waals surface area contributed by atoms with Gasteiger partial charge in [0.2, 0.25) is 0 Å². The van der Waals surface area contributed by atoms with E-state index < -0.39 is 0 Å². The van der Waals surface area contributed by atoms with Crippen molar-refractivity contribution in [3.05, 3.63) is 30.0 Å². The highest BCUT2D eigenvalue weighted by molar-refractivity contribution is 5.79. The Morgan fingerprint density at radius 3 is 3.07 bits per heavy atom. The highest BCUT2D eigenvalue weighted by atomic mass is 15.2. The molecule has 0 radical (unpaired) electrons. The zero-order valence-electron chi connectivity index (χ0n) is 8.62. The van der Waals surface area contributed by atoms with Crippen LogP contribution < -0.4 is 5.32 Å². The summed E-state index contributed by atoms with van der Waals surface area (Å²) >= 11 is 0. The zero-order valence-corrected chi connectivity index (χ0v) is 8.62. The maximum atomic E-state index is 4.21. The molecule has 0 aliphatic heterocycles. The van der Waals surface area contributed by atoms with Crippen LogP contribution >= 0.6 is 0 Å². The minimum atomic E-state index is 0.932. The number of benzene rings is 1. The van der Waals surface area contributed by atoms with Gasteiger partial charge in [0.05, 0.1) is 11.7 Å². The van der Waals surface area contributed by atoms with E-state index in [0.717, 1.165) is 13.1 Å².